The highest BCUT2D eigenvalue weighted by Gasteiger charge is 2.34. The third kappa shape index (κ3) is 1.69. The van der Waals surface area contributed by atoms with Gasteiger partial charge in [-0.05, 0) is 50.4 Å². The Morgan fingerprint density at radius 2 is 1.80 bits per heavy atom. The van der Waals surface area contributed by atoms with Gasteiger partial charge in [0, 0.05) is 5.54 Å². The molecule has 1 saturated carbocycles. The van der Waals surface area contributed by atoms with Crippen LogP contribution in [0.15, 0.2) is 18.2 Å². The second kappa shape index (κ2) is 3.97. The van der Waals surface area contributed by atoms with Crippen LogP contribution in [0.4, 0.5) is 0 Å². The van der Waals surface area contributed by atoms with Crippen LogP contribution >= 0.6 is 0 Å². The lowest BCUT2D eigenvalue weighted by atomic mass is 9.84. The molecule has 0 radical (unpaired) electrons. The molecule has 0 aromatic heterocycles. The van der Waals surface area contributed by atoms with Gasteiger partial charge < -0.3 is 5.32 Å². The van der Waals surface area contributed by atoms with Crippen molar-refractivity contribution in [3.05, 3.63) is 34.9 Å². The summed E-state index contributed by atoms with van der Waals surface area (Å²) in [5.41, 5.74) is 4.65. The molecular weight excluding hydrogens is 182 g/mol. The highest BCUT2D eigenvalue weighted by Crippen LogP contribution is 2.40. The Labute approximate surface area is 92.9 Å². The minimum Gasteiger partial charge on any atom is -0.310 e. The maximum absolute atomic E-state index is 3.56. The quantitative estimate of drug-likeness (QED) is 0.777. The van der Waals surface area contributed by atoms with E-state index in [4.69, 9.17) is 0 Å². The number of hydrogen-bond donors (Lipinski definition) is 1. The molecule has 1 fully saturated rings. The van der Waals surface area contributed by atoms with Gasteiger partial charge in [0.05, 0.1) is 0 Å². The lowest BCUT2D eigenvalue weighted by Crippen LogP contribution is -2.37. The van der Waals surface area contributed by atoms with Crippen molar-refractivity contribution in [1.82, 2.24) is 5.32 Å². The van der Waals surface area contributed by atoms with E-state index in [1.807, 2.05) is 0 Å². The van der Waals surface area contributed by atoms with E-state index in [0.29, 0.717) is 0 Å². The summed E-state index contributed by atoms with van der Waals surface area (Å²) < 4.78 is 0. The first-order valence-electron chi connectivity index (χ1n) is 5.95. The van der Waals surface area contributed by atoms with Gasteiger partial charge in [0.1, 0.15) is 0 Å². The largest absolute Gasteiger partial charge is 0.310 e. The summed E-state index contributed by atoms with van der Waals surface area (Å²) in [5.74, 6) is 0. The van der Waals surface area contributed by atoms with Crippen molar-refractivity contribution in [2.45, 2.75) is 45.1 Å². The topological polar surface area (TPSA) is 12.0 Å². The van der Waals surface area contributed by atoms with E-state index in [1.54, 1.807) is 0 Å². The highest BCUT2D eigenvalue weighted by atomic mass is 14.9. The van der Waals surface area contributed by atoms with Gasteiger partial charge in [-0.2, -0.15) is 0 Å². The minimum absolute atomic E-state index is 0.260. The fourth-order valence-corrected chi connectivity index (χ4v) is 2.90. The number of benzene rings is 1. The molecule has 0 amide bonds. The second-order valence-electron chi connectivity index (χ2n) is 4.79. The van der Waals surface area contributed by atoms with Gasteiger partial charge in [0.2, 0.25) is 0 Å². The van der Waals surface area contributed by atoms with Gasteiger partial charge in [-0.25, -0.2) is 0 Å². The molecule has 82 valence electrons. The van der Waals surface area contributed by atoms with E-state index in [9.17, 15) is 0 Å². The third-order valence-corrected chi connectivity index (χ3v) is 4.06. The summed E-state index contributed by atoms with van der Waals surface area (Å²) >= 11 is 0. The van der Waals surface area contributed by atoms with Crippen LogP contribution in [0.25, 0.3) is 0 Å². The molecule has 1 heteroatoms. The van der Waals surface area contributed by atoms with Crippen molar-refractivity contribution in [2.75, 3.05) is 7.05 Å². The van der Waals surface area contributed by atoms with Gasteiger partial charge >= 0.3 is 0 Å². The molecule has 0 heterocycles. The van der Waals surface area contributed by atoms with Crippen molar-refractivity contribution in [2.24, 2.45) is 0 Å². The fourth-order valence-electron chi connectivity index (χ4n) is 2.90. The Morgan fingerprint density at radius 3 is 2.40 bits per heavy atom. The molecule has 0 spiro atoms. The molecule has 0 aliphatic heterocycles. The van der Waals surface area contributed by atoms with Gasteiger partial charge in [-0.15, -0.1) is 0 Å². The standard InChI is InChI=1S/C14H21N/c1-11-7-6-8-13(12(11)2)14(15-3)9-4-5-10-14/h6-8,15H,4-5,9-10H2,1-3H3. The molecular formula is C14H21N. The van der Waals surface area contributed by atoms with E-state index in [1.165, 1.54) is 42.4 Å². The van der Waals surface area contributed by atoms with Crippen LogP contribution in [-0.4, -0.2) is 7.05 Å². The third-order valence-electron chi connectivity index (χ3n) is 4.06. The Balaban J connectivity index is 2.47. The molecule has 1 N–H and O–H groups in total. The number of rotatable bonds is 2. The van der Waals surface area contributed by atoms with Crippen molar-refractivity contribution in [3.8, 4) is 0 Å². The SMILES string of the molecule is CNC1(c2cccc(C)c2C)CCCC1. The summed E-state index contributed by atoms with van der Waals surface area (Å²) in [4.78, 5) is 0. The average molecular weight is 203 g/mol. The second-order valence-corrected chi connectivity index (χ2v) is 4.79. The van der Waals surface area contributed by atoms with Crippen LogP contribution in [-0.2, 0) is 5.54 Å². The van der Waals surface area contributed by atoms with Crippen LogP contribution in [0.1, 0.15) is 42.4 Å². The summed E-state index contributed by atoms with van der Waals surface area (Å²) in [5, 5.41) is 3.56. The van der Waals surface area contributed by atoms with E-state index < -0.39 is 0 Å². The molecule has 15 heavy (non-hydrogen) atoms. The zero-order valence-electron chi connectivity index (χ0n) is 10.1. The minimum atomic E-state index is 0.260. The Bertz CT molecular complexity index is 348. The maximum atomic E-state index is 3.56. The van der Waals surface area contributed by atoms with Crippen LogP contribution in [0.3, 0.4) is 0 Å². The molecule has 1 aromatic carbocycles. The summed E-state index contributed by atoms with van der Waals surface area (Å²) in [6.07, 6.45) is 5.28. The van der Waals surface area contributed by atoms with E-state index >= 15 is 0 Å². The van der Waals surface area contributed by atoms with E-state index in [-0.39, 0.29) is 5.54 Å². The normalized spacial score (nSPS) is 19.4. The summed E-state index contributed by atoms with van der Waals surface area (Å²) in [6.45, 7) is 4.46. The average Bonchev–Trinajstić information content (AvgIpc) is 2.72. The van der Waals surface area contributed by atoms with Crippen LogP contribution < -0.4 is 5.32 Å². The lowest BCUT2D eigenvalue weighted by molar-refractivity contribution is 0.370. The fraction of sp³-hybridized carbons (Fsp3) is 0.571. The van der Waals surface area contributed by atoms with Gasteiger partial charge in [0.15, 0.2) is 0 Å². The Morgan fingerprint density at radius 1 is 1.13 bits per heavy atom. The van der Waals surface area contributed by atoms with Gasteiger partial charge in [-0.1, -0.05) is 31.0 Å². The smallest absolute Gasteiger partial charge is 0.0434 e. The number of nitrogens with one attached hydrogen (secondary N) is 1. The van der Waals surface area contributed by atoms with Crippen LogP contribution in [0.5, 0.6) is 0 Å². The number of aryl methyl sites for hydroxylation is 1. The molecule has 1 aromatic rings. The monoisotopic (exact) mass is 203 g/mol. The molecule has 1 aliphatic carbocycles. The van der Waals surface area contributed by atoms with Crippen molar-refractivity contribution < 1.29 is 0 Å². The first kappa shape index (κ1) is 10.7. The summed E-state index contributed by atoms with van der Waals surface area (Å²) in [6, 6.07) is 6.69. The van der Waals surface area contributed by atoms with E-state index in [0.717, 1.165) is 0 Å². The highest BCUT2D eigenvalue weighted by molar-refractivity contribution is 5.38. The predicted octanol–water partition coefficient (Wildman–Crippen LogP) is 3.29. The molecule has 0 unspecified atom stereocenters. The molecule has 1 aliphatic rings. The zero-order valence-corrected chi connectivity index (χ0v) is 10.1. The van der Waals surface area contributed by atoms with Crippen LogP contribution in [0, 0.1) is 13.8 Å². The lowest BCUT2D eigenvalue weighted by Gasteiger charge is -2.31. The van der Waals surface area contributed by atoms with Crippen molar-refractivity contribution >= 4 is 0 Å². The molecule has 2 rings (SSSR count). The summed E-state index contributed by atoms with van der Waals surface area (Å²) in [7, 11) is 2.10. The van der Waals surface area contributed by atoms with E-state index in [2.05, 4.69) is 44.4 Å². The van der Waals surface area contributed by atoms with Crippen LogP contribution in [0.2, 0.25) is 0 Å². The molecule has 0 bridgehead atoms. The molecule has 0 saturated heterocycles. The maximum Gasteiger partial charge on any atom is 0.0434 e. The molecule has 0 atom stereocenters. The Hall–Kier alpha value is -0.820. The predicted molar refractivity (Wildman–Crippen MR) is 65.1 cm³/mol. The van der Waals surface area contributed by atoms with Gasteiger partial charge in [-0.3, -0.25) is 0 Å². The Kier molecular flexibility index (Phi) is 2.83. The zero-order chi connectivity index (χ0) is 10.9. The molecule has 1 nitrogen and oxygen atoms in total. The van der Waals surface area contributed by atoms with Gasteiger partial charge in [0.25, 0.3) is 0 Å². The van der Waals surface area contributed by atoms with Crippen molar-refractivity contribution in [1.29, 1.82) is 0 Å². The first-order chi connectivity index (χ1) is 7.19. The first-order valence-corrected chi connectivity index (χ1v) is 5.95. The number of hydrogen-bond acceptors (Lipinski definition) is 1. The van der Waals surface area contributed by atoms with Crippen molar-refractivity contribution in [3.63, 3.8) is 0 Å².